The summed E-state index contributed by atoms with van der Waals surface area (Å²) < 4.78 is 34.3. The van der Waals surface area contributed by atoms with Gasteiger partial charge in [0.1, 0.15) is 21.5 Å². The predicted molar refractivity (Wildman–Crippen MR) is 140 cm³/mol. The smallest absolute Gasteiger partial charge is 0.146 e. The van der Waals surface area contributed by atoms with Gasteiger partial charge >= 0.3 is 0 Å². The molecule has 1 unspecified atom stereocenters. The Kier molecular flexibility index (Phi) is 8.89. The molecule has 1 spiro atoms. The van der Waals surface area contributed by atoms with Crippen molar-refractivity contribution in [1.29, 1.82) is 0 Å². The molecule has 0 fully saturated rings. The van der Waals surface area contributed by atoms with Crippen molar-refractivity contribution in [1.82, 2.24) is 9.99 Å². The maximum absolute atomic E-state index is 14.6. The maximum Gasteiger partial charge on any atom is 0.146 e. The summed E-state index contributed by atoms with van der Waals surface area (Å²) in [4.78, 5) is 3.28. The standard InChI is InChI=1S/C24H19F2N3OS.C4H10/c1-4-5-6-21-17(3)30-14-11-24(21)29(16(2)18-9-12-27-13-10-18)28-23(31-24)20-15-19(25)7-8-22(20)26;1-3-4-2/h1,5-10,12-13,15H,2,11,14H2,3H3;3-4H2,1-2H3/b6-5-;. The Morgan fingerprint density at radius 3 is 2.63 bits per heavy atom. The van der Waals surface area contributed by atoms with E-state index in [1.54, 1.807) is 29.6 Å². The highest BCUT2D eigenvalue weighted by molar-refractivity contribution is 8.16. The van der Waals surface area contributed by atoms with E-state index in [0.717, 1.165) is 29.3 Å². The van der Waals surface area contributed by atoms with Crippen LogP contribution >= 0.6 is 11.8 Å². The number of terminal acetylenes is 1. The molecule has 0 saturated heterocycles. The van der Waals surface area contributed by atoms with Crippen LogP contribution in [0, 0.1) is 24.0 Å². The van der Waals surface area contributed by atoms with E-state index in [-0.39, 0.29) is 5.56 Å². The van der Waals surface area contributed by atoms with Crippen LogP contribution in [0.1, 0.15) is 51.2 Å². The summed E-state index contributed by atoms with van der Waals surface area (Å²) in [6.45, 7) is 10.9. The summed E-state index contributed by atoms with van der Waals surface area (Å²) in [6.07, 6.45) is 15.3. The lowest BCUT2D eigenvalue weighted by Gasteiger charge is -2.41. The summed E-state index contributed by atoms with van der Waals surface area (Å²) in [5.41, 5.74) is 2.30. The molecule has 1 aromatic heterocycles. The molecule has 0 bridgehead atoms. The third-order valence-electron chi connectivity index (χ3n) is 5.63. The van der Waals surface area contributed by atoms with Crippen LogP contribution in [-0.2, 0) is 4.74 Å². The van der Waals surface area contributed by atoms with Crippen molar-refractivity contribution < 1.29 is 13.5 Å². The summed E-state index contributed by atoms with van der Waals surface area (Å²) in [5.74, 6) is 2.11. The van der Waals surface area contributed by atoms with Crippen LogP contribution in [0.5, 0.6) is 0 Å². The molecule has 2 aromatic rings. The van der Waals surface area contributed by atoms with Gasteiger partial charge in [-0.05, 0) is 49.4 Å². The van der Waals surface area contributed by atoms with Gasteiger partial charge in [0.25, 0.3) is 0 Å². The van der Waals surface area contributed by atoms with Crippen LogP contribution in [0.25, 0.3) is 5.70 Å². The highest BCUT2D eigenvalue weighted by atomic mass is 32.2. The average Bonchev–Trinajstić information content (AvgIpc) is 3.24. The number of pyridine rings is 1. The molecule has 0 saturated carbocycles. The third kappa shape index (κ3) is 5.66. The lowest BCUT2D eigenvalue weighted by atomic mass is 9.97. The molecule has 4 rings (SSSR count). The fourth-order valence-electron chi connectivity index (χ4n) is 3.65. The molecule has 182 valence electrons. The first kappa shape index (κ1) is 26.2. The van der Waals surface area contributed by atoms with Crippen LogP contribution < -0.4 is 0 Å². The number of thioether (sulfide) groups is 1. The number of allylic oxidation sites excluding steroid dienone is 2. The van der Waals surface area contributed by atoms with Crippen LogP contribution in [0.2, 0.25) is 0 Å². The molecule has 0 N–H and O–H groups in total. The molecular formula is C28H29F2N3OS. The number of unbranched alkanes of at least 4 members (excludes halogenated alkanes) is 1. The first-order chi connectivity index (χ1) is 16.9. The van der Waals surface area contributed by atoms with E-state index >= 15 is 0 Å². The molecule has 0 amide bonds. The van der Waals surface area contributed by atoms with E-state index in [9.17, 15) is 8.78 Å². The molecule has 1 atom stereocenters. The predicted octanol–water partition coefficient (Wildman–Crippen LogP) is 7.13. The topological polar surface area (TPSA) is 37.7 Å². The molecule has 2 aliphatic heterocycles. The van der Waals surface area contributed by atoms with Crippen molar-refractivity contribution in [3.05, 3.63) is 95.6 Å². The fourth-order valence-corrected chi connectivity index (χ4v) is 5.10. The van der Waals surface area contributed by atoms with Gasteiger partial charge in [-0.3, -0.25) is 4.98 Å². The molecule has 2 aliphatic rings. The van der Waals surface area contributed by atoms with Crippen molar-refractivity contribution in [3.63, 3.8) is 0 Å². The zero-order chi connectivity index (χ0) is 25.4. The average molecular weight is 494 g/mol. The van der Waals surface area contributed by atoms with Crippen LogP contribution in [0.15, 0.2) is 77.9 Å². The third-order valence-corrected chi connectivity index (χ3v) is 7.06. The number of aromatic nitrogens is 1. The summed E-state index contributed by atoms with van der Waals surface area (Å²) in [6, 6.07) is 6.99. The van der Waals surface area contributed by atoms with Gasteiger partial charge in [-0.25, -0.2) is 13.8 Å². The molecule has 0 radical (unpaired) electrons. The summed E-state index contributed by atoms with van der Waals surface area (Å²) in [5, 5.41) is 6.83. The number of rotatable bonds is 5. The molecule has 7 heteroatoms. The Balaban J connectivity index is 0.000000795. The second kappa shape index (κ2) is 11.9. The number of benzene rings is 1. The number of hydrogen-bond donors (Lipinski definition) is 0. The van der Waals surface area contributed by atoms with Crippen molar-refractivity contribution in [2.24, 2.45) is 5.10 Å². The first-order valence-electron chi connectivity index (χ1n) is 11.5. The Hall–Kier alpha value is -3.37. The Bertz CT molecular complexity index is 1200. The monoisotopic (exact) mass is 493 g/mol. The number of halogens is 2. The SMILES string of the molecule is C#C/C=C\C1=C(C)OCCC12SC(c1cc(F)ccc1F)=NN2C(=C)c1ccncc1.CCCC. The van der Waals surface area contributed by atoms with Gasteiger partial charge in [-0.15, -0.1) is 6.42 Å². The van der Waals surface area contributed by atoms with Gasteiger partial charge in [0, 0.05) is 35.5 Å². The first-order valence-corrected chi connectivity index (χ1v) is 12.3. The van der Waals surface area contributed by atoms with Crippen molar-refractivity contribution in [2.45, 2.75) is 44.9 Å². The quantitative estimate of drug-likeness (QED) is 0.415. The zero-order valence-electron chi connectivity index (χ0n) is 20.2. The maximum atomic E-state index is 14.6. The van der Waals surface area contributed by atoms with E-state index in [1.165, 1.54) is 24.6 Å². The van der Waals surface area contributed by atoms with Gasteiger partial charge in [-0.2, -0.15) is 5.10 Å². The van der Waals surface area contributed by atoms with Gasteiger partial charge in [0.05, 0.1) is 18.1 Å². The molecule has 1 aromatic carbocycles. The molecule has 4 nitrogen and oxygen atoms in total. The van der Waals surface area contributed by atoms with Crippen LogP contribution in [-0.4, -0.2) is 26.5 Å². The van der Waals surface area contributed by atoms with Crippen molar-refractivity contribution in [2.75, 3.05) is 6.61 Å². The van der Waals surface area contributed by atoms with E-state index in [1.807, 2.05) is 19.1 Å². The van der Waals surface area contributed by atoms with Crippen molar-refractivity contribution in [3.8, 4) is 12.3 Å². The number of hydrogen-bond acceptors (Lipinski definition) is 5. The minimum absolute atomic E-state index is 0.0961. The minimum Gasteiger partial charge on any atom is -0.498 e. The van der Waals surface area contributed by atoms with Crippen LogP contribution in [0.4, 0.5) is 8.78 Å². The normalized spacial score (nSPS) is 19.2. The van der Waals surface area contributed by atoms with Gasteiger partial charge in [0.15, 0.2) is 0 Å². The molecule has 3 heterocycles. The van der Waals surface area contributed by atoms with E-state index in [0.29, 0.717) is 29.5 Å². The van der Waals surface area contributed by atoms with E-state index in [2.05, 4.69) is 31.3 Å². The Labute approximate surface area is 210 Å². The second-order valence-corrected chi connectivity index (χ2v) is 9.24. The van der Waals surface area contributed by atoms with Gasteiger partial charge in [0.2, 0.25) is 0 Å². The Morgan fingerprint density at radius 2 is 1.97 bits per heavy atom. The summed E-state index contributed by atoms with van der Waals surface area (Å²) in [7, 11) is 0. The largest absolute Gasteiger partial charge is 0.498 e. The Morgan fingerprint density at radius 1 is 1.26 bits per heavy atom. The van der Waals surface area contributed by atoms with Gasteiger partial charge in [-0.1, -0.05) is 51.0 Å². The van der Waals surface area contributed by atoms with E-state index in [4.69, 9.17) is 16.3 Å². The highest BCUT2D eigenvalue weighted by Gasteiger charge is 2.50. The second-order valence-electron chi connectivity index (χ2n) is 7.98. The number of ether oxygens (including phenoxy) is 1. The summed E-state index contributed by atoms with van der Waals surface area (Å²) >= 11 is 1.34. The fraction of sp³-hybridized carbons (Fsp3) is 0.286. The minimum atomic E-state index is -0.774. The number of nitrogens with zero attached hydrogens (tertiary/aromatic N) is 3. The van der Waals surface area contributed by atoms with E-state index < -0.39 is 16.5 Å². The van der Waals surface area contributed by atoms with Gasteiger partial charge < -0.3 is 4.74 Å². The van der Waals surface area contributed by atoms with Crippen LogP contribution in [0.3, 0.4) is 0 Å². The highest BCUT2D eigenvalue weighted by Crippen LogP contribution is 2.53. The lowest BCUT2D eigenvalue weighted by molar-refractivity contribution is 0.141. The van der Waals surface area contributed by atoms with Crippen molar-refractivity contribution >= 4 is 22.5 Å². The molecule has 35 heavy (non-hydrogen) atoms. The molecule has 0 aliphatic carbocycles. The molecular weight excluding hydrogens is 464 g/mol. The lowest BCUT2D eigenvalue weighted by Crippen LogP contribution is -2.44. The number of hydrazone groups is 1. The zero-order valence-corrected chi connectivity index (χ0v) is 21.0.